The van der Waals surface area contributed by atoms with E-state index < -0.39 is 5.97 Å². The largest absolute Gasteiger partial charge is 0.478 e. The van der Waals surface area contributed by atoms with Crippen molar-refractivity contribution in [3.8, 4) is 11.3 Å². The van der Waals surface area contributed by atoms with E-state index in [-0.39, 0.29) is 11.5 Å². The monoisotopic (exact) mass is 314 g/mol. The third-order valence-corrected chi connectivity index (χ3v) is 4.11. The first-order valence-electron chi connectivity index (χ1n) is 7.46. The zero-order valence-corrected chi connectivity index (χ0v) is 13.1. The maximum absolute atomic E-state index is 11.6. The molecule has 1 N–H and O–H groups in total. The van der Waals surface area contributed by atoms with Crippen LogP contribution in [0.15, 0.2) is 18.5 Å². The van der Waals surface area contributed by atoms with Crippen molar-refractivity contribution < 1.29 is 14.7 Å². The fraction of sp³-hybridized carbons (Fsp3) is 0.375. The second-order valence-corrected chi connectivity index (χ2v) is 5.70. The molecule has 0 aliphatic carbocycles. The Morgan fingerprint density at radius 1 is 1.26 bits per heavy atom. The van der Waals surface area contributed by atoms with E-state index in [2.05, 4.69) is 10.1 Å². The quantitative estimate of drug-likeness (QED) is 0.897. The molecule has 0 unspecified atom stereocenters. The molecule has 0 fully saturated rings. The summed E-state index contributed by atoms with van der Waals surface area (Å²) in [4.78, 5) is 29.6. The number of fused-ring (bicyclic) bond motifs is 1. The number of rotatable bonds is 2. The summed E-state index contributed by atoms with van der Waals surface area (Å²) in [7, 11) is 1.78. The van der Waals surface area contributed by atoms with Gasteiger partial charge in [-0.05, 0) is 18.1 Å². The van der Waals surface area contributed by atoms with Crippen LogP contribution in [-0.4, -0.2) is 49.7 Å². The molecular weight excluding hydrogens is 296 g/mol. The highest BCUT2D eigenvalue weighted by molar-refractivity contribution is 5.95. The molecule has 1 aliphatic heterocycles. The molecule has 0 bridgehead atoms. The Bertz CT molecular complexity index is 782. The molecule has 1 amide bonds. The molecule has 3 heterocycles. The first-order valence-corrected chi connectivity index (χ1v) is 7.46. The standard InChI is InChI=1S/C16H18N4O3/c1-10(21)20-5-3-11-7-13(16(22)23)15(18-14(11)4-6-20)12-8-17-19(2)9-12/h7-9H,3-6H2,1-2H3,(H,22,23). The van der Waals surface area contributed by atoms with Gasteiger partial charge >= 0.3 is 5.97 Å². The van der Waals surface area contributed by atoms with Gasteiger partial charge in [0.1, 0.15) is 0 Å². The lowest BCUT2D eigenvalue weighted by molar-refractivity contribution is -0.128. The molecule has 2 aromatic rings. The summed E-state index contributed by atoms with van der Waals surface area (Å²) < 4.78 is 1.62. The van der Waals surface area contributed by atoms with E-state index in [1.165, 1.54) is 0 Å². The third-order valence-electron chi connectivity index (χ3n) is 4.11. The van der Waals surface area contributed by atoms with Crippen LogP contribution in [0.4, 0.5) is 0 Å². The van der Waals surface area contributed by atoms with Gasteiger partial charge in [0.15, 0.2) is 0 Å². The average molecular weight is 314 g/mol. The smallest absolute Gasteiger partial charge is 0.337 e. The van der Waals surface area contributed by atoms with Gasteiger partial charge in [-0.25, -0.2) is 4.79 Å². The molecule has 0 saturated heterocycles. The molecule has 2 aromatic heterocycles. The van der Waals surface area contributed by atoms with E-state index in [9.17, 15) is 14.7 Å². The van der Waals surface area contributed by atoms with Gasteiger partial charge in [0, 0.05) is 50.9 Å². The Morgan fingerprint density at radius 2 is 2.00 bits per heavy atom. The third kappa shape index (κ3) is 2.94. The van der Waals surface area contributed by atoms with Gasteiger partial charge in [-0.15, -0.1) is 0 Å². The van der Waals surface area contributed by atoms with Crippen LogP contribution in [-0.2, 0) is 24.7 Å². The molecule has 3 rings (SSSR count). The number of aromatic nitrogens is 3. The van der Waals surface area contributed by atoms with E-state index >= 15 is 0 Å². The Labute approximate surface area is 133 Å². The first-order chi connectivity index (χ1) is 11.0. The van der Waals surface area contributed by atoms with E-state index in [4.69, 9.17) is 0 Å². The highest BCUT2D eigenvalue weighted by atomic mass is 16.4. The van der Waals surface area contributed by atoms with Crippen molar-refractivity contribution in [2.24, 2.45) is 7.05 Å². The summed E-state index contributed by atoms with van der Waals surface area (Å²) in [6, 6.07) is 1.69. The number of aromatic carboxylic acids is 1. The summed E-state index contributed by atoms with van der Waals surface area (Å²) in [6.07, 6.45) is 4.61. The summed E-state index contributed by atoms with van der Waals surface area (Å²) in [5.41, 5.74) is 3.05. The van der Waals surface area contributed by atoms with Gasteiger partial charge in [0.2, 0.25) is 5.91 Å². The second-order valence-electron chi connectivity index (χ2n) is 5.70. The average Bonchev–Trinajstić information content (AvgIpc) is 2.81. The van der Waals surface area contributed by atoms with Crippen molar-refractivity contribution in [2.45, 2.75) is 19.8 Å². The molecule has 7 nitrogen and oxygen atoms in total. The number of hydrogen-bond donors (Lipinski definition) is 1. The van der Waals surface area contributed by atoms with E-state index in [0.717, 1.165) is 11.3 Å². The number of carbonyl (C=O) groups is 2. The molecule has 0 saturated carbocycles. The fourth-order valence-corrected chi connectivity index (χ4v) is 2.88. The number of nitrogens with zero attached hydrogens (tertiary/aromatic N) is 4. The summed E-state index contributed by atoms with van der Waals surface area (Å²) in [6.45, 7) is 2.75. The molecule has 120 valence electrons. The number of carboxylic acids is 1. The molecular formula is C16H18N4O3. The van der Waals surface area contributed by atoms with Crippen molar-refractivity contribution in [3.05, 3.63) is 35.3 Å². The lowest BCUT2D eigenvalue weighted by Gasteiger charge is -2.17. The van der Waals surface area contributed by atoms with Crippen LogP contribution in [0.1, 0.15) is 28.5 Å². The normalized spacial score (nSPS) is 14.3. The molecule has 7 heteroatoms. The van der Waals surface area contributed by atoms with Crippen molar-refractivity contribution in [3.63, 3.8) is 0 Å². The Hall–Kier alpha value is -2.70. The van der Waals surface area contributed by atoms with E-state index in [1.807, 2.05) is 0 Å². The number of aryl methyl sites for hydroxylation is 1. The Kier molecular flexibility index (Phi) is 3.85. The predicted molar refractivity (Wildman–Crippen MR) is 83.1 cm³/mol. The van der Waals surface area contributed by atoms with Crippen LogP contribution in [0.2, 0.25) is 0 Å². The van der Waals surface area contributed by atoms with Crippen LogP contribution in [0.5, 0.6) is 0 Å². The lowest BCUT2D eigenvalue weighted by atomic mass is 10.0. The van der Waals surface area contributed by atoms with E-state index in [1.54, 1.807) is 42.0 Å². The van der Waals surface area contributed by atoms with Gasteiger partial charge in [0.05, 0.1) is 17.5 Å². The minimum absolute atomic E-state index is 0.0312. The first kappa shape index (κ1) is 15.2. The van der Waals surface area contributed by atoms with Gasteiger partial charge in [-0.2, -0.15) is 5.10 Å². The van der Waals surface area contributed by atoms with E-state index in [0.29, 0.717) is 37.2 Å². The van der Waals surface area contributed by atoms with Gasteiger partial charge in [-0.3, -0.25) is 14.5 Å². The number of pyridine rings is 1. The zero-order chi connectivity index (χ0) is 16.6. The number of carbonyl (C=O) groups excluding carboxylic acids is 1. The molecule has 0 radical (unpaired) electrons. The van der Waals surface area contributed by atoms with Crippen molar-refractivity contribution in [2.75, 3.05) is 13.1 Å². The van der Waals surface area contributed by atoms with Crippen LogP contribution in [0, 0.1) is 0 Å². The SMILES string of the molecule is CC(=O)N1CCc2cc(C(=O)O)c(-c3cnn(C)c3)nc2CC1. The molecule has 23 heavy (non-hydrogen) atoms. The highest BCUT2D eigenvalue weighted by Gasteiger charge is 2.22. The predicted octanol–water partition coefficient (Wildman–Crippen LogP) is 1.13. The zero-order valence-electron chi connectivity index (χ0n) is 13.1. The Morgan fingerprint density at radius 3 is 2.61 bits per heavy atom. The second kappa shape index (κ2) is 5.83. The maximum atomic E-state index is 11.6. The highest BCUT2D eigenvalue weighted by Crippen LogP contribution is 2.26. The van der Waals surface area contributed by atoms with Gasteiger partial charge < -0.3 is 10.0 Å². The summed E-state index contributed by atoms with van der Waals surface area (Å²) >= 11 is 0. The molecule has 0 aromatic carbocycles. The summed E-state index contributed by atoms with van der Waals surface area (Å²) in [5.74, 6) is -0.976. The molecule has 0 spiro atoms. The Balaban J connectivity index is 2.06. The van der Waals surface area contributed by atoms with Gasteiger partial charge in [-0.1, -0.05) is 0 Å². The van der Waals surface area contributed by atoms with Gasteiger partial charge in [0.25, 0.3) is 0 Å². The number of hydrogen-bond acceptors (Lipinski definition) is 4. The van der Waals surface area contributed by atoms with Crippen LogP contribution in [0.25, 0.3) is 11.3 Å². The number of carboxylic acid groups (broad SMARTS) is 1. The van der Waals surface area contributed by atoms with Crippen molar-refractivity contribution in [1.82, 2.24) is 19.7 Å². The summed E-state index contributed by atoms with van der Waals surface area (Å²) in [5, 5.41) is 13.6. The minimum atomic E-state index is -1.01. The van der Waals surface area contributed by atoms with Crippen LogP contribution in [0.3, 0.4) is 0 Å². The van der Waals surface area contributed by atoms with Crippen molar-refractivity contribution in [1.29, 1.82) is 0 Å². The van der Waals surface area contributed by atoms with Crippen LogP contribution < -0.4 is 0 Å². The minimum Gasteiger partial charge on any atom is -0.478 e. The fourth-order valence-electron chi connectivity index (χ4n) is 2.88. The van der Waals surface area contributed by atoms with Crippen molar-refractivity contribution >= 4 is 11.9 Å². The lowest BCUT2D eigenvalue weighted by Crippen LogP contribution is -2.30. The number of amides is 1. The molecule has 0 atom stereocenters. The molecule has 1 aliphatic rings. The topological polar surface area (TPSA) is 88.3 Å². The maximum Gasteiger partial charge on any atom is 0.337 e. The van der Waals surface area contributed by atoms with Crippen LogP contribution >= 0.6 is 0 Å².